The van der Waals surface area contributed by atoms with Gasteiger partial charge in [0.25, 0.3) is 0 Å². The van der Waals surface area contributed by atoms with Gasteiger partial charge in [0, 0.05) is 0 Å². The first kappa shape index (κ1) is 20.1. The van der Waals surface area contributed by atoms with Gasteiger partial charge >= 0.3 is 23.8 Å². The predicted octanol–water partition coefficient (Wildman–Crippen LogP) is 0.704. The van der Waals surface area contributed by atoms with Gasteiger partial charge in [-0.2, -0.15) is 4.48 Å². The number of imide groups is 1. The molecule has 1 aromatic heterocycles. The number of hydrogen-bond donors (Lipinski definition) is 0. The molecule has 3 atom stereocenters. The van der Waals surface area contributed by atoms with Gasteiger partial charge in [-0.15, -0.1) is 5.10 Å². The quantitative estimate of drug-likeness (QED) is 0.274. The van der Waals surface area contributed by atoms with Crippen LogP contribution in [0.4, 0.5) is 0 Å². The molecule has 10 heteroatoms. The molecular weight excluding hydrogens is 368 g/mol. The lowest BCUT2D eigenvalue weighted by atomic mass is 9.59. The average Bonchev–Trinajstić information content (AvgIpc) is 3.08. The van der Waals surface area contributed by atoms with Crippen LogP contribution in [0, 0.1) is 5.92 Å². The molecule has 1 aromatic rings. The fourth-order valence-electron chi connectivity index (χ4n) is 4.32. The van der Waals surface area contributed by atoms with Gasteiger partial charge in [0.1, 0.15) is 13.1 Å². The van der Waals surface area contributed by atoms with E-state index in [4.69, 9.17) is 4.74 Å². The molecule has 152 valence electrons. The van der Waals surface area contributed by atoms with E-state index in [1.54, 1.807) is 0 Å². The molecule has 0 spiro atoms. The van der Waals surface area contributed by atoms with Crippen molar-refractivity contribution in [1.29, 1.82) is 0 Å². The van der Waals surface area contributed by atoms with E-state index in [1.807, 2.05) is 13.8 Å². The van der Waals surface area contributed by atoms with Crippen molar-refractivity contribution in [3.8, 4) is 0 Å². The lowest BCUT2D eigenvalue weighted by Crippen LogP contribution is -2.97. The van der Waals surface area contributed by atoms with Crippen LogP contribution in [-0.4, -0.2) is 69.5 Å². The fraction of sp³-hybridized carbons (Fsp3) is 0.667. The summed E-state index contributed by atoms with van der Waals surface area (Å²) in [6, 6.07) is 0. The highest BCUT2D eigenvalue weighted by Gasteiger charge is 2.87. The number of ether oxygens (including phenoxy) is 2. The summed E-state index contributed by atoms with van der Waals surface area (Å²) in [5, 5.41) is 7.65. The van der Waals surface area contributed by atoms with Crippen molar-refractivity contribution in [3.63, 3.8) is 0 Å². The molecule has 4 rings (SSSR count). The number of esters is 2. The molecule has 0 aliphatic carbocycles. The Morgan fingerprint density at radius 2 is 1.89 bits per heavy atom. The minimum Gasteiger partial charge on any atom is -0.464 e. The molecule has 2 amide bonds. The van der Waals surface area contributed by atoms with Crippen LogP contribution in [0.5, 0.6) is 0 Å². The molecule has 2 bridgehead atoms. The summed E-state index contributed by atoms with van der Waals surface area (Å²) in [5.74, 6) is -2.07. The Balaban J connectivity index is 1.88. The van der Waals surface area contributed by atoms with Crippen molar-refractivity contribution in [2.45, 2.75) is 51.6 Å². The van der Waals surface area contributed by atoms with Crippen LogP contribution in [0.1, 0.15) is 60.5 Å². The van der Waals surface area contributed by atoms with Gasteiger partial charge in [-0.25, -0.2) is 23.9 Å². The standard InChI is InChI=1S/C18H25N4O6/c1-5-6-7-8-12(23)22-9-11(15(22)24)18(22,2)10-21-14(17(26)28-4)13(19-20-21)16(25)27-3/h11H,5-10H2,1-4H3/q+1. The van der Waals surface area contributed by atoms with Crippen molar-refractivity contribution in [1.82, 2.24) is 15.0 Å². The van der Waals surface area contributed by atoms with E-state index in [0.717, 1.165) is 19.3 Å². The van der Waals surface area contributed by atoms with Gasteiger partial charge in [0.2, 0.25) is 5.69 Å². The lowest BCUT2D eigenvalue weighted by molar-refractivity contribution is -0.948. The second kappa shape index (κ2) is 7.08. The maximum absolute atomic E-state index is 12.9. The van der Waals surface area contributed by atoms with Crippen molar-refractivity contribution in [2.24, 2.45) is 5.92 Å². The SMILES string of the molecule is CCCCCC(=O)[N+]12CC(C1=O)C2(C)Cn1nnc(C(=O)OC)c1C(=O)OC. The van der Waals surface area contributed by atoms with E-state index < -0.39 is 17.5 Å². The third-order valence-electron chi connectivity index (χ3n) is 6.14. The number of methoxy groups -OCH3 is 2. The maximum Gasteiger partial charge on any atom is 0.361 e. The Labute approximate surface area is 162 Å². The van der Waals surface area contributed by atoms with Crippen LogP contribution in [0.25, 0.3) is 0 Å². The number of quaternary nitrogens is 1. The van der Waals surface area contributed by atoms with Gasteiger partial charge in [-0.05, 0) is 13.3 Å². The fourth-order valence-corrected chi connectivity index (χ4v) is 4.32. The monoisotopic (exact) mass is 393 g/mol. The summed E-state index contributed by atoms with van der Waals surface area (Å²) in [5.41, 5.74) is -1.12. The lowest BCUT2D eigenvalue weighted by Gasteiger charge is -2.69. The van der Waals surface area contributed by atoms with Crippen molar-refractivity contribution in [2.75, 3.05) is 20.8 Å². The van der Waals surface area contributed by atoms with E-state index in [0.29, 0.717) is 13.0 Å². The Hall–Kier alpha value is -2.62. The van der Waals surface area contributed by atoms with Gasteiger partial charge < -0.3 is 9.47 Å². The molecule has 0 aromatic carbocycles. The zero-order valence-electron chi connectivity index (χ0n) is 16.6. The Morgan fingerprint density at radius 3 is 2.43 bits per heavy atom. The van der Waals surface area contributed by atoms with Crippen LogP contribution >= 0.6 is 0 Å². The maximum atomic E-state index is 12.9. The highest BCUT2D eigenvalue weighted by atomic mass is 16.5. The van der Waals surface area contributed by atoms with Crippen LogP contribution < -0.4 is 0 Å². The number of unbranched alkanes of at least 4 members (excludes halogenated alkanes) is 2. The summed E-state index contributed by atoms with van der Waals surface area (Å²) in [7, 11) is 2.35. The second-order valence-electron chi connectivity index (χ2n) is 7.52. The van der Waals surface area contributed by atoms with Crippen molar-refractivity contribution < 1.29 is 33.1 Å². The number of β-lactam (4-membered cyclic amide) rings is 2. The summed E-state index contributed by atoms with van der Waals surface area (Å²) in [6.45, 7) is 4.46. The zero-order chi connectivity index (χ0) is 20.7. The van der Waals surface area contributed by atoms with E-state index in [2.05, 4.69) is 15.0 Å². The van der Waals surface area contributed by atoms with Crippen LogP contribution in [0.15, 0.2) is 0 Å². The topological polar surface area (TPSA) is 117 Å². The molecule has 0 radical (unpaired) electrons. The highest BCUT2D eigenvalue weighted by molar-refractivity contribution is 6.00. The number of aromatic nitrogens is 3. The Morgan fingerprint density at radius 1 is 1.21 bits per heavy atom. The molecular formula is C18H25N4O6+. The number of carbonyl (C=O) groups excluding carboxylic acids is 4. The summed E-state index contributed by atoms with van der Waals surface area (Å²) in [6.07, 6.45) is 3.00. The molecule has 4 heterocycles. The molecule has 3 aliphatic rings. The van der Waals surface area contributed by atoms with E-state index in [1.165, 1.54) is 18.9 Å². The normalized spacial score (nSPS) is 27.6. The van der Waals surface area contributed by atoms with Gasteiger partial charge in [-0.3, -0.25) is 0 Å². The number of hydrogen-bond acceptors (Lipinski definition) is 8. The van der Waals surface area contributed by atoms with E-state index >= 15 is 0 Å². The van der Waals surface area contributed by atoms with Crippen molar-refractivity contribution in [3.05, 3.63) is 11.4 Å². The molecule has 0 N–H and O–H groups in total. The number of amides is 2. The molecule has 0 saturated carbocycles. The highest BCUT2D eigenvalue weighted by Crippen LogP contribution is 2.58. The third kappa shape index (κ3) is 2.50. The van der Waals surface area contributed by atoms with Crippen LogP contribution in [0.3, 0.4) is 0 Å². The number of rotatable bonds is 8. The molecule has 10 nitrogen and oxygen atoms in total. The van der Waals surface area contributed by atoms with Gasteiger partial charge in [0.15, 0.2) is 17.2 Å². The van der Waals surface area contributed by atoms with Crippen LogP contribution in [0.2, 0.25) is 0 Å². The van der Waals surface area contributed by atoms with Crippen molar-refractivity contribution >= 4 is 23.8 Å². The largest absolute Gasteiger partial charge is 0.464 e. The van der Waals surface area contributed by atoms with Gasteiger partial charge in [-0.1, -0.05) is 25.0 Å². The number of nitrogens with zero attached hydrogens (tertiary/aromatic N) is 4. The first-order valence-corrected chi connectivity index (χ1v) is 9.34. The zero-order valence-corrected chi connectivity index (χ0v) is 16.6. The Bertz CT molecular complexity index is 849. The number of carbonyl (C=O) groups is 4. The predicted molar refractivity (Wildman–Crippen MR) is 93.9 cm³/mol. The minimum atomic E-state index is -0.813. The van der Waals surface area contributed by atoms with Gasteiger partial charge in [0.05, 0.1) is 20.6 Å². The molecule has 3 fully saturated rings. The summed E-state index contributed by atoms with van der Waals surface area (Å²) < 4.78 is 10.4. The van der Waals surface area contributed by atoms with E-state index in [-0.39, 0.29) is 40.1 Å². The summed E-state index contributed by atoms with van der Waals surface area (Å²) in [4.78, 5) is 49.4. The molecule has 3 unspecified atom stereocenters. The molecule has 28 heavy (non-hydrogen) atoms. The van der Waals surface area contributed by atoms with E-state index in [9.17, 15) is 19.2 Å². The molecule has 3 saturated heterocycles. The third-order valence-corrected chi connectivity index (χ3v) is 6.14. The van der Waals surface area contributed by atoms with Crippen LogP contribution in [-0.2, 0) is 25.6 Å². The second-order valence-corrected chi connectivity index (χ2v) is 7.52. The molecule has 3 aliphatic heterocycles. The summed E-state index contributed by atoms with van der Waals surface area (Å²) >= 11 is 0. The smallest absolute Gasteiger partial charge is 0.361 e. The minimum absolute atomic E-state index is 0.0862. The average molecular weight is 393 g/mol. The first-order chi connectivity index (χ1) is 13.3. The Kier molecular flexibility index (Phi) is 5.09. The first-order valence-electron chi connectivity index (χ1n) is 9.34.